The molecule has 0 aliphatic rings. The third kappa shape index (κ3) is 3.85. The van der Waals surface area contributed by atoms with E-state index in [1.165, 1.54) is 13.2 Å². The van der Waals surface area contributed by atoms with E-state index >= 15 is 0 Å². The topological polar surface area (TPSA) is 60.7 Å². The van der Waals surface area contributed by atoms with Gasteiger partial charge in [0.1, 0.15) is 22.8 Å². The van der Waals surface area contributed by atoms with Crippen molar-refractivity contribution in [1.29, 1.82) is 0 Å². The van der Waals surface area contributed by atoms with E-state index in [-0.39, 0.29) is 5.91 Å². The Morgan fingerprint density at radius 3 is 2.50 bits per heavy atom. The van der Waals surface area contributed by atoms with Gasteiger partial charge in [-0.3, -0.25) is 4.79 Å². The predicted octanol–water partition coefficient (Wildman–Crippen LogP) is 5.76. The zero-order chi connectivity index (χ0) is 20.4. The van der Waals surface area contributed by atoms with Crippen molar-refractivity contribution in [1.82, 2.24) is 0 Å². The summed E-state index contributed by atoms with van der Waals surface area (Å²) in [6, 6.07) is 8.88. The van der Waals surface area contributed by atoms with Crippen LogP contribution >= 0.6 is 11.6 Å². The van der Waals surface area contributed by atoms with Crippen molar-refractivity contribution in [2.45, 2.75) is 20.8 Å². The Morgan fingerprint density at radius 2 is 1.82 bits per heavy atom. The van der Waals surface area contributed by atoms with Crippen LogP contribution in [0.1, 0.15) is 23.8 Å². The number of anilines is 1. The van der Waals surface area contributed by atoms with Gasteiger partial charge in [-0.15, -0.1) is 0 Å². The molecule has 0 spiro atoms. The zero-order valence-electron chi connectivity index (χ0n) is 16.5. The molecule has 0 saturated heterocycles. The third-order valence-corrected chi connectivity index (χ3v) is 4.92. The normalized spacial score (nSPS) is 11.6. The van der Waals surface area contributed by atoms with E-state index in [4.69, 9.17) is 25.5 Å². The molecule has 1 N–H and O–H groups in total. The Kier molecular flexibility index (Phi) is 5.66. The first kappa shape index (κ1) is 19.8. The quantitative estimate of drug-likeness (QED) is 0.554. The third-order valence-electron chi connectivity index (χ3n) is 4.69. The van der Waals surface area contributed by atoms with E-state index < -0.39 is 0 Å². The van der Waals surface area contributed by atoms with Crippen LogP contribution in [-0.4, -0.2) is 20.1 Å². The minimum Gasteiger partial charge on any atom is -0.496 e. The second kappa shape index (κ2) is 7.98. The van der Waals surface area contributed by atoms with E-state index in [1.807, 2.05) is 32.9 Å². The first-order chi connectivity index (χ1) is 13.3. The average molecular weight is 400 g/mol. The number of benzene rings is 2. The maximum Gasteiger partial charge on any atom is 0.248 e. The molecular formula is C22H22ClNO4. The summed E-state index contributed by atoms with van der Waals surface area (Å²) in [5.41, 5.74) is 3.92. The average Bonchev–Trinajstić information content (AvgIpc) is 2.94. The molecule has 5 nitrogen and oxygen atoms in total. The molecule has 0 saturated carbocycles. The standard InChI is InChI=1S/C22H22ClNO4/c1-12(8-22(25)24-18-9-15(23)6-7-19(18)26-4)16-10-17-13(2)14(3)28-21(17)11-20(16)27-5/h6-11H,1-5H3,(H,24,25)/b12-8+. The Bertz CT molecular complexity index is 1080. The van der Waals surface area contributed by atoms with E-state index in [2.05, 4.69) is 5.32 Å². The van der Waals surface area contributed by atoms with Crippen LogP contribution in [0.2, 0.25) is 5.02 Å². The van der Waals surface area contributed by atoms with Crippen molar-refractivity contribution in [3.63, 3.8) is 0 Å². The molecule has 146 valence electrons. The molecule has 6 heteroatoms. The van der Waals surface area contributed by atoms with Gasteiger partial charge in [-0.25, -0.2) is 0 Å². The number of aryl methyl sites for hydroxylation is 2. The monoisotopic (exact) mass is 399 g/mol. The van der Waals surface area contributed by atoms with Crippen molar-refractivity contribution >= 4 is 39.7 Å². The Labute approximate surface area is 168 Å². The van der Waals surface area contributed by atoms with Crippen LogP contribution < -0.4 is 14.8 Å². The molecule has 0 bridgehead atoms. The fourth-order valence-corrected chi connectivity index (χ4v) is 3.24. The summed E-state index contributed by atoms with van der Waals surface area (Å²) in [7, 11) is 3.13. The molecule has 1 heterocycles. The molecule has 3 rings (SSSR count). The van der Waals surface area contributed by atoms with Gasteiger partial charge in [0.15, 0.2) is 0 Å². The summed E-state index contributed by atoms with van der Waals surface area (Å²) in [4.78, 5) is 12.6. The van der Waals surface area contributed by atoms with Crippen molar-refractivity contribution in [2.75, 3.05) is 19.5 Å². The summed E-state index contributed by atoms with van der Waals surface area (Å²) in [6.45, 7) is 5.80. The predicted molar refractivity (Wildman–Crippen MR) is 113 cm³/mol. The van der Waals surface area contributed by atoms with Crippen molar-refractivity contribution < 1.29 is 18.7 Å². The minimum absolute atomic E-state index is 0.291. The van der Waals surface area contributed by atoms with Gasteiger partial charge in [0, 0.05) is 28.1 Å². The van der Waals surface area contributed by atoms with Gasteiger partial charge < -0.3 is 19.2 Å². The lowest BCUT2D eigenvalue weighted by Gasteiger charge is -2.11. The van der Waals surface area contributed by atoms with Crippen LogP contribution in [0.4, 0.5) is 5.69 Å². The molecule has 3 aromatic rings. The summed E-state index contributed by atoms with van der Waals surface area (Å²) >= 11 is 6.02. The maximum absolute atomic E-state index is 12.6. The molecule has 1 amide bonds. The lowest BCUT2D eigenvalue weighted by molar-refractivity contribution is -0.111. The van der Waals surface area contributed by atoms with Gasteiger partial charge in [-0.2, -0.15) is 0 Å². The van der Waals surface area contributed by atoms with Crippen LogP contribution in [0, 0.1) is 13.8 Å². The number of hydrogen-bond acceptors (Lipinski definition) is 4. The number of methoxy groups -OCH3 is 2. The SMILES string of the molecule is COc1ccc(Cl)cc1NC(=O)/C=C(\C)c1cc2c(C)c(C)oc2cc1OC. The van der Waals surface area contributed by atoms with Gasteiger partial charge >= 0.3 is 0 Å². The van der Waals surface area contributed by atoms with Gasteiger partial charge in [-0.05, 0) is 56.2 Å². The number of hydrogen-bond donors (Lipinski definition) is 1. The molecule has 0 aliphatic carbocycles. The second-order valence-electron chi connectivity index (χ2n) is 6.49. The highest BCUT2D eigenvalue weighted by Gasteiger charge is 2.15. The number of amides is 1. The molecule has 0 radical (unpaired) electrons. The molecular weight excluding hydrogens is 378 g/mol. The number of ether oxygens (including phenoxy) is 2. The van der Waals surface area contributed by atoms with Crippen LogP contribution in [-0.2, 0) is 4.79 Å². The molecule has 0 unspecified atom stereocenters. The van der Waals surface area contributed by atoms with E-state index in [9.17, 15) is 4.79 Å². The largest absolute Gasteiger partial charge is 0.496 e. The first-order valence-electron chi connectivity index (χ1n) is 8.75. The van der Waals surface area contributed by atoms with E-state index in [0.29, 0.717) is 22.2 Å². The lowest BCUT2D eigenvalue weighted by Crippen LogP contribution is -2.09. The molecule has 0 aliphatic heterocycles. The van der Waals surface area contributed by atoms with E-state index in [1.54, 1.807) is 25.3 Å². The number of halogens is 1. The fraction of sp³-hybridized carbons (Fsp3) is 0.227. The Hall–Kier alpha value is -2.92. The maximum atomic E-state index is 12.6. The summed E-state index contributed by atoms with van der Waals surface area (Å²) in [5, 5.41) is 4.32. The molecule has 0 atom stereocenters. The summed E-state index contributed by atoms with van der Waals surface area (Å²) < 4.78 is 16.5. The van der Waals surface area contributed by atoms with Crippen molar-refractivity contribution in [3.05, 3.63) is 58.3 Å². The molecule has 28 heavy (non-hydrogen) atoms. The van der Waals surface area contributed by atoms with Gasteiger partial charge in [0.25, 0.3) is 0 Å². The van der Waals surface area contributed by atoms with Crippen LogP contribution in [0.5, 0.6) is 11.5 Å². The lowest BCUT2D eigenvalue weighted by atomic mass is 10.0. The number of allylic oxidation sites excluding steroid dienone is 1. The van der Waals surface area contributed by atoms with Crippen molar-refractivity contribution in [2.24, 2.45) is 0 Å². The Morgan fingerprint density at radius 1 is 1.11 bits per heavy atom. The molecule has 2 aromatic carbocycles. The zero-order valence-corrected chi connectivity index (χ0v) is 17.2. The van der Waals surface area contributed by atoms with Crippen LogP contribution in [0.15, 0.2) is 40.8 Å². The van der Waals surface area contributed by atoms with Crippen LogP contribution in [0.25, 0.3) is 16.5 Å². The van der Waals surface area contributed by atoms with Crippen molar-refractivity contribution in [3.8, 4) is 11.5 Å². The van der Waals surface area contributed by atoms with E-state index in [0.717, 1.165) is 33.4 Å². The summed E-state index contributed by atoms with van der Waals surface area (Å²) in [6.07, 6.45) is 1.52. The number of carbonyl (C=O) groups is 1. The molecule has 0 fully saturated rings. The number of carbonyl (C=O) groups excluding carboxylic acids is 1. The smallest absolute Gasteiger partial charge is 0.248 e. The highest BCUT2D eigenvalue weighted by Crippen LogP contribution is 2.35. The summed E-state index contributed by atoms with van der Waals surface area (Å²) in [5.74, 6) is 1.75. The number of furan rings is 1. The van der Waals surface area contributed by atoms with Gasteiger partial charge in [-0.1, -0.05) is 11.6 Å². The number of rotatable bonds is 5. The highest BCUT2D eigenvalue weighted by atomic mass is 35.5. The van der Waals surface area contributed by atoms with Gasteiger partial charge in [0.05, 0.1) is 19.9 Å². The molecule has 1 aromatic heterocycles. The Balaban J connectivity index is 1.95. The highest BCUT2D eigenvalue weighted by molar-refractivity contribution is 6.31. The first-order valence-corrected chi connectivity index (χ1v) is 9.12. The minimum atomic E-state index is -0.291. The number of fused-ring (bicyclic) bond motifs is 1. The number of nitrogens with one attached hydrogen (secondary N) is 1. The fourth-order valence-electron chi connectivity index (χ4n) is 3.07. The second-order valence-corrected chi connectivity index (χ2v) is 6.93. The van der Waals surface area contributed by atoms with Crippen LogP contribution in [0.3, 0.4) is 0 Å². The van der Waals surface area contributed by atoms with Gasteiger partial charge in [0.2, 0.25) is 5.91 Å².